The number of unbranched alkanes of at least 4 members (excludes halogenated alkanes) is 2. The molecule has 0 radical (unpaired) electrons. The number of carbonyl (C=O) groups is 3. The Balaban J connectivity index is 4.07. The predicted molar refractivity (Wildman–Crippen MR) is 82.4 cm³/mol. The summed E-state index contributed by atoms with van der Waals surface area (Å²) in [5, 5.41) is 0. The van der Waals surface area contributed by atoms with Crippen LogP contribution in [-0.2, 0) is 19.1 Å². The van der Waals surface area contributed by atoms with Crippen LogP contribution in [0.25, 0.3) is 0 Å². The molecule has 0 saturated carbocycles. The van der Waals surface area contributed by atoms with Gasteiger partial charge in [0.05, 0.1) is 13.2 Å². The summed E-state index contributed by atoms with van der Waals surface area (Å²) in [6.45, 7) is 4.44. The van der Waals surface area contributed by atoms with Crippen LogP contribution in [0.1, 0.15) is 39.5 Å². The Morgan fingerprint density at radius 3 is 1.91 bits per heavy atom. The minimum Gasteiger partial charge on any atom is -0.464 e. The van der Waals surface area contributed by atoms with Crippen LogP contribution in [0.2, 0.25) is 0 Å². The van der Waals surface area contributed by atoms with Gasteiger partial charge < -0.3 is 19.3 Å². The third kappa shape index (κ3) is 9.20. The summed E-state index contributed by atoms with van der Waals surface area (Å²) in [7, 11) is 2.99. The summed E-state index contributed by atoms with van der Waals surface area (Å²) >= 11 is 0. The zero-order chi connectivity index (χ0) is 17.0. The molecule has 128 valence electrons. The number of ether oxygens (including phenoxy) is 2. The molecule has 0 aromatic rings. The average Bonchev–Trinajstić information content (AvgIpc) is 2.47. The number of likely N-dealkylation sites (N-methyl/N-ethyl adjacent to an activating group) is 2. The largest absolute Gasteiger partial charge is 0.464 e. The number of amides is 2. The smallest absolute Gasteiger partial charge is 0.409 e. The van der Waals surface area contributed by atoms with Gasteiger partial charge in [0.25, 0.3) is 0 Å². The minimum absolute atomic E-state index is 0.124. The summed E-state index contributed by atoms with van der Waals surface area (Å²) in [5.41, 5.74) is 0. The second kappa shape index (κ2) is 11.8. The Bertz CT molecular complexity index is 360. The van der Waals surface area contributed by atoms with Crippen molar-refractivity contribution in [1.29, 1.82) is 0 Å². The molecule has 0 aliphatic rings. The maximum atomic E-state index is 11.9. The fourth-order valence-corrected chi connectivity index (χ4v) is 1.46. The molecule has 0 N–H and O–H groups in total. The third-order valence-electron chi connectivity index (χ3n) is 2.96. The topological polar surface area (TPSA) is 76.2 Å². The normalized spacial score (nSPS) is 10.0. The minimum atomic E-state index is -0.541. The lowest BCUT2D eigenvalue weighted by atomic mass is 10.4. The van der Waals surface area contributed by atoms with E-state index >= 15 is 0 Å². The summed E-state index contributed by atoms with van der Waals surface area (Å²) in [4.78, 5) is 37.5. The van der Waals surface area contributed by atoms with Crippen molar-refractivity contribution in [3.05, 3.63) is 0 Å². The van der Waals surface area contributed by atoms with E-state index in [-0.39, 0.29) is 19.0 Å². The molecular formula is C15H28N2O5. The van der Waals surface area contributed by atoms with Crippen LogP contribution in [0.3, 0.4) is 0 Å². The number of esters is 1. The van der Waals surface area contributed by atoms with Crippen molar-refractivity contribution < 1.29 is 23.9 Å². The first kappa shape index (κ1) is 20.2. The summed E-state index contributed by atoms with van der Waals surface area (Å²) < 4.78 is 9.98. The van der Waals surface area contributed by atoms with Gasteiger partial charge in [0, 0.05) is 14.1 Å². The number of rotatable bonds is 10. The van der Waals surface area contributed by atoms with E-state index < -0.39 is 12.1 Å². The van der Waals surface area contributed by atoms with Gasteiger partial charge in [-0.3, -0.25) is 9.59 Å². The first-order chi connectivity index (χ1) is 10.4. The van der Waals surface area contributed by atoms with E-state index in [2.05, 4.69) is 0 Å². The zero-order valence-electron chi connectivity index (χ0n) is 14.1. The second-order valence-electron chi connectivity index (χ2n) is 5.15. The molecule has 2 amide bonds. The lowest BCUT2D eigenvalue weighted by Crippen LogP contribution is -2.41. The standard InChI is InChI=1S/C15H28N2O5/c1-5-7-9-21-14(19)12-16(3)13(18)11-17(4)15(20)22-10-8-6-2/h5-12H2,1-4H3. The van der Waals surface area contributed by atoms with E-state index in [1.54, 1.807) is 0 Å². The molecule has 0 unspecified atom stereocenters. The highest BCUT2D eigenvalue weighted by molar-refractivity contribution is 5.85. The van der Waals surface area contributed by atoms with Crippen LogP contribution in [0.5, 0.6) is 0 Å². The Morgan fingerprint density at radius 2 is 1.36 bits per heavy atom. The Hall–Kier alpha value is -1.79. The summed E-state index contributed by atoms with van der Waals surface area (Å²) in [5.74, 6) is -0.792. The molecule has 0 spiro atoms. The van der Waals surface area contributed by atoms with Gasteiger partial charge in [0.15, 0.2) is 0 Å². The molecule has 0 heterocycles. The molecule has 0 rings (SSSR count). The molecule has 0 aromatic heterocycles. The molecule has 0 fully saturated rings. The van der Waals surface area contributed by atoms with Crippen molar-refractivity contribution in [2.75, 3.05) is 40.4 Å². The fourth-order valence-electron chi connectivity index (χ4n) is 1.46. The molecule has 7 heteroatoms. The molecular weight excluding hydrogens is 288 g/mol. The highest BCUT2D eigenvalue weighted by atomic mass is 16.6. The van der Waals surface area contributed by atoms with Crippen LogP contribution < -0.4 is 0 Å². The van der Waals surface area contributed by atoms with Gasteiger partial charge in [-0.15, -0.1) is 0 Å². The Kier molecular flexibility index (Phi) is 10.9. The van der Waals surface area contributed by atoms with Crippen molar-refractivity contribution >= 4 is 18.0 Å². The van der Waals surface area contributed by atoms with Crippen LogP contribution >= 0.6 is 0 Å². The van der Waals surface area contributed by atoms with Crippen LogP contribution in [0, 0.1) is 0 Å². The molecule has 0 bridgehead atoms. The first-order valence-corrected chi connectivity index (χ1v) is 7.69. The Morgan fingerprint density at radius 1 is 0.818 bits per heavy atom. The number of nitrogens with zero attached hydrogens (tertiary/aromatic N) is 2. The van der Waals surface area contributed by atoms with Crippen molar-refractivity contribution in [2.45, 2.75) is 39.5 Å². The second-order valence-corrected chi connectivity index (χ2v) is 5.15. The van der Waals surface area contributed by atoms with Crippen molar-refractivity contribution in [1.82, 2.24) is 9.80 Å². The van der Waals surface area contributed by atoms with Gasteiger partial charge in [-0.2, -0.15) is 0 Å². The summed E-state index contributed by atoms with van der Waals surface area (Å²) in [6.07, 6.45) is 2.92. The van der Waals surface area contributed by atoms with Gasteiger partial charge in [-0.25, -0.2) is 4.79 Å². The number of hydrogen-bond donors (Lipinski definition) is 0. The maximum absolute atomic E-state index is 11.9. The van der Waals surface area contributed by atoms with Gasteiger partial charge in [0.1, 0.15) is 13.1 Å². The zero-order valence-corrected chi connectivity index (χ0v) is 14.1. The van der Waals surface area contributed by atoms with Gasteiger partial charge in [0.2, 0.25) is 5.91 Å². The highest BCUT2D eigenvalue weighted by Gasteiger charge is 2.19. The number of hydrogen-bond acceptors (Lipinski definition) is 5. The van der Waals surface area contributed by atoms with E-state index in [1.807, 2.05) is 13.8 Å². The molecule has 0 saturated heterocycles. The van der Waals surface area contributed by atoms with E-state index in [9.17, 15) is 14.4 Å². The average molecular weight is 316 g/mol. The van der Waals surface area contributed by atoms with Crippen LogP contribution in [0.15, 0.2) is 0 Å². The number of carbonyl (C=O) groups excluding carboxylic acids is 3. The molecule has 7 nitrogen and oxygen atoms in total. The SMILES string of the molecule is CCCCOC(=O)CN(C)C(=O)CN(C)C(=O)OCCCC. The molecule has 0 atom stereocenters. The van der Waals surface area contributed by atoms with E-state index in [1.165, 1.54) is 23.9 Å². The van der Waals surface area contributed by atoms with Crippen molar-refractivity contribution in [3.63, 3.8) is 0 Å². The summed E-state index contributed by atoms with van der Waals surface area (Å²) in [6, 6.07) is 0. The van der Waals surface area contributed by atoms with Gasteiger partial charge >= 0.3 is 12.1 Å². The van der Waals surface area contributed by atoms with Gasteiger partial charge in [-0.1, -0.05) is 26.7 Å². The molecule has 0 aliphatic carbocycles. The van der Waals surface area contributed by atoms with Crippen molar-refractivity contribution in [3.8, 4) is 0 Å². The lowest BCUT2D eigenvalue weighted by Gasteiger charge is -2.21. The lowest BCUT2D eigenvalue weighted by molar-refractivity contribution is -0.148. The molecule has 0 aromatic carbocycles. The monoisotopic (exact) mass is 316 g/mol. The third-order valence-corrected chi connectivity index (χ3v) is 2.96. The maximum Gasteiger partial charge on any atom is 0.409 e. The molecule has 22 heavy (non-hydrogen) atoms. The highest BCUT2D eigenvalue weighted by Crippen LogP contribution is 1.97. The van der Waals surface area contributed by atoms with Crippen molar-refractivity contribution in [2.24, 2.45) is 0 Å². The van der Waals surface area contributed by atoms with Crippen LogP contribution in [-0.4, -0.2) is 68.2 Å². The fraction of sp³-hybridized carbons (Fsp3) is 0.800. The Labute approximate surface area is 132 Å². The van der Waals surface area contributed by atoms with E-state index in [0.717, 1.165) is 25.7 Å². The predicted octanol–water partition coefficient (Wildman–Crippen LogP) is 1.66. The van der Waals surface area contributed by atoms with E-state index in [4.69, 9.17) is 9.47 Å². The van der Waals surface area contributed by atoms with E-state index in [0.29, 0.717) is 13.2 Å². The van der Waals surface area contributed by atoms with Gasteiger partial charge in [-0.05, 0) is 12.8 Å². The van der Waals surface area contributed by atoms with Crippen LogP contribution in [0.4, 0.5) is 4.79 Å². The quantitative estimate of drug-likeness (QED) is 0.452. The molecule has 0 aliphatic heterocycles. The first-order valence-electron chi connectivity index (χ1n) is 7.69.